The van der Waals surface area contributed by atoms with E-state index in [4.69, 9.17) is 5.26 Å². The van der Waals surface area contributed by atoms with Crippen LogP contribution < -0.4 is 0 Å². The number of aromatic nitrogens is 2. The smallest absolute Gasteiger partial charge is 0.240 e. The molecule has 2 aromatic rings. The van der Waals surface area contributed by atoms with E-state index in [2.05, 4.69) is 9.97 Å². The van der Waals surface area contributed by atoms with Crippen molar-refractivity contribution in [1.82, 2.24) is 9.97 Å². The van der Waals surface area contributed by atoms with Gasteiger partial charge in [0.25, 0.3) is 0 Å². The fourth-order valence-electron chi connectivity index (χ4n) is 1.89. The second-order valence-electron chi connectivity index (χ2n) is 4.63. The SMILES string of the molecule is N#CC(c1cc(F)cc(C(F)(F)F)c1)c1nccc(C(F)(F)F)n1. The molecule has 126 valence electrons. The van der Waals surface area contributed by atoms with Crippen molar-refractivity contribution in [3.05, 3.63) is 58.9 Å². The largest absolute Gasteiger partial charge is 0.433 e. The minimum absolute atomic E-state index is 0.213. The van der Waals surface area contributed by atoms with Crippen LogP contribution in [0.1, 0.15) is 28.6 Å². The molecule has 24 heavy (non-hydrogen) atoms. The molecule has 0 fully saturated rings. The number of halogens is 7. The molecule has 1 aromatic heterocycles. The molecular formula is C14H6F7N3. The topological polar surface area (TPSA) is 49.6 Å². The molecule has 0 radical (unpaired) electrons. The lowest BCUT2D eigenvalue weighted by Gasteiger charge is -2.13. The van der Waals surface area contributed by atoms with Gasteiger partial charge in [-0.05, 0) is 29.8 Å². The first-order valence-corrected chi connectivity index (χ1v) is 6.20. The predicted molar refractivity (Wildman–Crippen MR) is 65.9 cm³/mol. The molecule has 1 atom stereocenters. The van der Waals surface area contributed by atoms with E-state index in [1.54, 1.807) is 0 Å². The molecule has 0 saturated heterocycles. The Balaban J connectivity index is 2.54. The monoisotopic (exact) mass is 349 g/mol. The maximum atomic E-state index is 13.4. The number of rotatable bonds is 2. The third-order valence-electron chi connectivity index (χ3n) is 2.93. The lowest BCUT2D eigenvalue weighted by molar-refractivity contribution is -0.141. The van der Waals surface area contributed by atoms with E-state index in [9.17, 15) is 30.7 Å². The van der Waals surface area contributed by atoms with E-state index < -0.39 is 46.7 Å². The van der Waals surface area contributed by atoms with Gasteiger partial charge in [-0.2, -0.15) is 31.6 Å². The highest BCUT2D eigenvalue weighted by Gasteiger charge is 2.35. The highest BCUT2D eigenvalue weighted by Crippen LogP contribution is 2.34. The van der Waals surface area contributed by atoms with Gasteiger partial charge in [0.2, 0.25) is 0 Å². The van der Waals surface area contributed by atoms with Crippen LogP contribution >= 0.6 is 0 Å². The van der Waals surface area contributed by atoms with Crippen LogP contribution in [0.3, 0.4) is 0 Å². The first-order valence-electron chi connectivity index (χ1n) is 6.20. The average Bonchev–Trinajstić information content (AvgIpc) is 2.46. The Labute approximate surface area is 130 Å². The van der Waals surface area contributed by atoms with E-state index in [-0.39, 0.29) is 6.07 Å². The van der Waals surface area contributed by atoms with Crippen molar-refractivity contribution in [2.24, 2.45) is 0 Å². The quantitative estimate of drug-likeness (QED) is 0.759. The zero-order valence-electron chi connectivity index (χ0n) is 11.5. The molecule has 0 N–H and O–H groups in total. The maximum Gasteiger partial charge on any atom is 0.433 e. The highest BCUT2D eigenvalue weighted by molar-refractivity contribution is 5.36. The zero-order chi connectivity index (χ0) is 18.1. The Morgan fingerprint density at radius 2 is 1.67 bits per heavy atom. The van der Waals surface area contributed by atoms with Gasteiger partial charge in [-0.25, -0.2) is 14.4 Å². The van der Waals surface area contributed by atoms with Crippen molar-refractivity contribution >= 4 is 0 Å². The minimum atomic E-state index is -4.88. The van der Waals surface area contributed by atoms with E-state index in [1.165, 1.54) is 6.07 Å². The third-order valence-corrected chi connectivity index (χ3v) is 2.93. The second kappa shape index (κ2) is 6.07. The molecule has 1 unspecified atom stereocenters. The molecule has 10 heteroatoms. The highest BCUT2D eigenvalue weighted by atomic mass is 19.4. The summed E-state index contributed by atoms with van der Waals surface area (Å²) in [6, 6.07) is 3.34. The Morgan fingerprint density at radius 1 is 1.00 bits per heavy atom. The Hall–Kier alpha value is -2.70. The summed E-state index contributed by atoms with van der Waals surface area (Å²) in [7, 11) is 0. The van der Waals surface area contributed by atoms with Gasteiger partial charge in [0.15, 0.2) is 5.82 Å². The van der Waals surface area contributed by atoms with Gasteiger partial charge >= 0.3 is 12.4 Å². The summed E-state index contributed by atoms with van der Waals surface area (Å²) in [5.41, 5.74) is -3.23. The van der Waals surface area contributed by atoms with Crippen LogP contribution in [-0.4, -0.2) is 9.97 Å². The van der Waals surface area contributed by atoms with Crippen LogP contribution in [0.4, 0.5) is 30.7 Å². The first-order chi connectivity index (χ1) is 11.0. The average molecular weight is 349 g/mol. The predicted octanol–water partition coefficient (Wildman–Crippen LogP) is 4.31. The van der Waals surface area contributed by atoms with Gasteiger partial charge in [0, 0.05) is 6.20 Å². The van der Waals surface area contributed by atoms with Crippen molar-refractivity contribution in [3.8, 4) is 6.07 Å². The fourth-order valence-corrected chi connectivity index (χ4v) is 1.89. The van der Waals surface area contributed by atoms with Crippen molar-refractivity contribution in [1.29, 1.82) is 5.26 Å². The number of hydrogen-bond donors (Lipinski definition) is 0. The molecular weight excluding hydrogens is 343 g/mol. The molecule has 0 aliphatic carbocycles. The van der Waals surface area contributed by atoms with E-state index >= 15 is 0 Å². The van der Waals surface area contributed by atoms with Crippen molar-refractivity contribution in [3.63, 3.8) is 0 Å². The Bertz CT molecular complexity index is 790. The zero-order valence-corrected chi connectivity index (χ0v) is 11.5. The molecule has 3 nitrogen and oxygen atoms in total. The molecule has 0 saturated carbocycles. The van der Waals surface area contributed by atoms with Gasteiger partial charge in [0.1, 0.15) is 17.4 Å². The number of nitrogens with zero attached hydrogens (tertiary/aromatic N) is 3. The van der Waals surface area contributed by atoms with E-state index in [0.29, 0.717) is 18.2 Å². The minimum Gasteiger partial charge on any atom is -0.240 e. The number of nitriles is 1. The van der Waals surface area contributed by atoms with Crippen molar-refractivity contribution in [2.45, 2.75) is 18.3 Å². The molecule has 0 aliphatic rings. The van der Waals surface area contributed by atoms with Crippen LogP contribution in [0, 0.1) is 17.1 Å². The van der Waals surface area contributed by atoms with Crippen LogP contribution in [0.2, 0.25) is 0 Å². The second-order valence-corrected chi connectivity index (χ2v) is 4.63. The van der Waals surface area contributed by atoms with Crippen LogP contribution in [-0.2, 0) is 12.4 Å². The van der Waals surface area contributed by atoms with Crippen molar-refractivity contribution in [2.75, 3.05) is 0 Å². The van der Waals surface area contributed by atoms with Gasteiger partial charge in [0.05, 0.1) is 11.6 Å². The number of benzene rings is 1. The van der Waals surface area contributed by atoms with Crippen molar-refractivity contribution < 1.29 is 30.7 Å². The third kappa shape index (κ3) is 3.79. The Kier molecular flexibility index (Phi) is 4.46. The molecule has 2 rings (SSSR count). The molecule has 1 heterocycles. The maximum absolute atomic E-state index is 13.4. The lowest BCUT2D eigenvalue weighted by atomic mass is 9.97. The molecule has 1 aromatic carbocycles. The van der Waals surface area contributed by atoms with Crippen LogP contribution in [0.5, 0.6) is 0 Å². The fraction of sp³-hybridized carbons (Fsp3) is 0.214. The molecule has 0 bridgehead atoms. The molecule has 0 amide bonds. The molecule has 0 spiro atoms. The van der Waals surface area contributed by atoms with Gasteiger partial charge < -0.3 is 0 Å². The lowest BCUT2D eigenvalue weighted by Crippen LogP contribution is -2.14. The van der Waals surface area contributed by atoms with E-state index in [1.807, 2.05) is 0 Å². The summed E-state index contributed by atoms with van der Waals surface area (Å²) in [6.45, 7) is 0. The van der Waals surface area contributed by atoms with Crippen LogP contribution in [0.15, 0.2) is 30.5 Å². The van der Waals surface area contributed by atoms with Gasteiger partial charge in [-0.15, -0.1) is 0 Å². The number of alkyl halides is 6. The summed E-state index contributed by atoms with van der Waals surface area (Å²) in [4.78, 5) is 6.64. The first kappa shape index (κ1) is 17.7. The summed E-state index contributed by atoms with van der Waals surface area (Å²) < 4.78 is 89.5. The standard InChI is InChI=1S/C14H6F7N3/c15-9-4-7(3-8(5-9)13(16,17)18)10(6-22)12-23-2-1-11(24-12)14(19,20)21/h1-5,10H. The summed E-state index contributed by atoms with van der Waals surface area (Å²) in [6.07, 6.45) is -8.98. The Morgan fingerprint density at radius 3 is 2.21 bits per heavy atom. The normalized spacial score (nSPS) is 13.4. The summed E-state index contributed by atoms with van der Waals surface area (Å²) in [5.74, 6) is -3.65. The van der Waals surface area contributed by atoms with E-state index in [0.717, 1.165) is 6.20 Å². The number of hydrogen-bond acceptors (Lipinski definition) is 3. The molecule has 0 aliphatic heterocycles. The van der Waals surface area contributed by atoms with Crippen LogP contribution in [0.25, 0.3) is 0 Å². The summed E-state index contributed by atoms with van der Waals surface area (Å²) in [5, 5.41) is 9.10. The van der Waals surface area contributed by atoms with Gasteiger partial charge in [-0.3, -0.25) is 0 Å². The summed E-state index contributed by atoms with van der Waals surface area (Å²) >= 11 is 0. The van der Waals surface area contributed by atoms with Gasteiger partial charge in [-0.1, -0.05) is 0 Å².